The third-order valence-electron chi connectivity index (χ3n) is 1.74. The molecule has 1 atom stereocenters. The van der Waals surface area contributed by atoms with Crippen molar-refractivity contribution < 1.29 is 37.1 Å². The summed E-state index contributed by atoms with van der Waals surface area (Å²) in [6, 6.07) is -1.81. The molecule has 0 unspecified atom stereocenters. The van der Waals surface area contributed by atoms with Gasteiger partial charge in [0.05, 0.1) is 6.61 Å². The summed E-state index contributed by atoms with van der Waals surface area (Å²) in [7, 11) is 0. The van der Waals surface area contributed by atoms with E-state index in [1.165, 1.54) is 12.2 Å². The highest BCUT2D eigenvalue weighted by Crippen LogP contribution is 2.15. The second kappa shape index (κ2) is 7.27. The smallest absolute Gasteiger partial charge is 0.464 e. The highest BCUT2D eigenvalue weighted by molar-refractivity contribution is 6.26. The SMILES string of the molecule is CCOC(=O)[C@H](CC(=O)C=[N+]=[N-])NC(=O)C(F)(F)F. The molecule has 0 aromatic rings. The topological polar surface area (TPSA) is 109 Å². The predicted molar refractivity (Wildman–Crippen MR) is 53.9 cm³/mol. The predicted octanol–water partition coefficient (Wildman–Crippen LogP) is -0.144. The van der Waals surface area contributed by atoms with Gasteiger partial charge in [-0.05, 0) is 6.92 Å². The van der Waals surface area contributed by atoms with Gasteiger partial charge in [0.2, 0.25) is 5.78 Å². The van der Waals surface area contributed by atoms with Gasteiger partial charge >= 0.3 is 24.3 Å². The van der Waals surface area contributed by atoms with Crippen LogP contribution in [0.4, 0.5) is 13.2 Å². The molecular weight excluding hydrogens is 271 g/mol. The Hall–Kier alpha value is -2.22. The second-order valence-corrected chi connectivity index (χ2v) is 3.19. The monoisotopic (exact) mass is 281 g/mol. The summed E-state index contributed by atoms with van der Waals surface area (Å²) in [4.78, 5) is 35.4. The zero-order chi connectivity index (χ0) is 15.1. The number of amides is 1. The van der Waals surface area contributed by atoms with Gasteiger partial charge in [0.25, 0.3) is 0 Å². The number of ketones is 1. The van der Waals surface area contributed by atoms with Gasteiger partial charge in [-0.1, -0.05) is 0 Å². The molecule has 1 N–H and O–H groups in total. The molecule has 0 radical (unpaired) electrons. The average molecular weight is 281 g/mol. The summed E-state index contributed by atoms with van der Waals surface area (Å²) in [6.07, 6.45) is -5.62. The van der Waals surface area contributed by atoms with Crippen LogP contribution in [-0.2, 0) is 19.1 Å². The van der Waals surface area contributed by atoms with Crippen LogP contribution < -0.4 is 5.32 Å². The molecular formula is C9H10F3N3O4. The number of Topliss-reactive ketones (excluding diaryl/α,β-unsaturated/α-hetero) is 1. The minimum Gasteiger partial charge on any atom is -0.464 e. The van der Waals surface area contributed by atoms with Crippen molar-refractivity contribution in [2.75, 3.05) is 6.61 Å². The van der Waals surface area contributed by atoms with Crippen molar-refractivity contribution in [1.29, 1.82) is 0 Å². The third-order valence-corrected chi connectivity index (χ3v) is 1.74. The number of ether oxygens (including phenoxy) is 1. The average Bonchev–Trinajstić information content (AvgIpc) is 2.27. The van der Waals surface area contributed by atoms with Gasteiger partial charge in [-0.3, -0.25) is 9.59 Å². The number of nitrogens with one attached hydrogen (secondary N) is 1. The van der Waals surface area contributed by atoms with Crippen LogP contribution in [0, 0.1) is 0 Å². The number of carbonyl (C=O) groups is 3. The minimum absolute atomic E-state index is 0.139. The van der Waals surface area contributed by atoms with Crippen molar-refractivity contribution in [1.82, 2.24) is 5.32 Å². The van der Waals surface area contributed by atoms with Crippen molar-refractivity contribution in [3.63, 3.8) is 0 Å². The maximum absolute atomic E-state index is 12.0. The number of halogens is 3. The Morgan fingerprint density at radius 3 is 2.42 bits per heavy atom. The molecule has 10 heteroatoms. The van der Waals surface area contributed by atoms with E-state index in [4.69, 9.17) is 5.53 Å². The Kier molecular flexibility index (Phi) is 6.42. The molecule has 0 heterocycles. The largest absolute Gasteiger partial charge is 0.471 e. The Balaban J connectivity index is 4.87. The molecule has 0 bridgehead atoms. The first-order chi connectivity index (χ1) is 8.72. The lowest BCUT2D eigenvalue weighted by Gasteiger charge is -2.16. The molecule has 0 rings (SSSR count). The summed E-state index contributed by atoms with van der Waals surface area (Å²) >= 11 is 0. The van der Waals surface area contributed by atoms with Crippen LogP contribution >= 0.6 is 0 Å². The number of alkyl halides is 3. The first-order valence-electron chi connectivity index (χ1n) is 4.97. The van der Waals surface area contributed by atoms with Gasteiger partial charge in [0.15, 0.2) is 0 Å². The van der Waals surface area contributed by atoms with Crippen molar-refractivity contribution in [2.24, 2.45) is 0 Å². The number of hydrogen-bond acceptors (Lipinski definition) is 4. The van der Waals surface area contributed by atoms with Crippen molar-refractivity contribution >= 4 is 23.9 Å². The lowest BCUT2D eigenvalue weighted by molar-refractivity contribution is -0.176. The third kappa shape index (κ3) is 6.32. The fraction of sp³-hybridized carbons (Fsp3) is 0.556. The van der Waals surface area contributed by atoms with Crippen molar-refractivity contribution in [2.45, 2.75) is 25.6 Å². The molecule has 0 saturated heterocycles. The van der Waals surface area contributed by atoms with Crippen LogP contribution in [0.2, 0.25) is 0 Å². The molecule has 0 saturated carbocycles. The van der Waals surface area contributed by atoms with E-state index in [2.05, 4.69) is 9.53 Å². The molecule has 106 valence electrons. The van der Waals surface area contributed by atoms with Crippen LogP contribution in [0.1, 0.15) is 13.3 Å². The van der Waals surface area contributed by atoms with E-state index in [0.717, 1.165) is 0 Å². The molecule has 1 amide bonds. The van der Waals surface area contributed by atoms with Gasteiger partial charge < -0.3 is 15.6 Å². The van der Waals surface area contributed by atoms with Crippen LogP contribution in [0.25, 0.3) is 5.53 Å². The maximum atomic E-state index is 12.0. The van der Waals surface area contributed by atoms with Gasteiger partial charge in [0.1, 0.15) is 6.04 Å². The van der Waals surface area contributed by atoms with Crippen molar-refractivity contribution in [3.8, 4) is 0 Å². The highest BCUT2D eigenvalue weighted by Gasteiger charge is 2.41. The fourth-order valence-electron chi connectivity index (χ4n) is 0.995. The number of rotatable bonds is 6. The van der Waals surface area contributed by atoms with Crippen LogP contribution in [0.3, 0.4) is 0 Å². The highest BCUT2D eigenvalue weighted by atomic mass is 19.4. The molecule has 7 nitrogen and oxygen atoms in total. The van der Waals surface area contributed by atoms with E-state index in [9.17, 15) is 27.6 Å². The summed E-state index contributed by atoms with van der Waals surface area (Å²) in [6.45, 7) is 1.26. The van der Waals surface area contributed by atoms with Crippen LogP contribution in [0.5, 0.6) is 0 Å². The molecule has 0 fully saturated rings. The summed E-state index contributed by atoms with van der Waals surface area (Å²) in [5.41, 5.74) is 8.07. The number of nitrogens with zero attached hydrogens (tertiary/aromatic N) is 2. The molecule has 0 aliphatic carbocycles. The lowest BCUT2D eigenvalue weighted by Crippen LogP contribution is -2.48. The van der Waals surface area contributed by atoms with Crippen LogP contribution in [-0.4, -0.2) is 47.5 Å². The lowest BCUT2D eigenvalue weighted by atomic mass is 10.1. The Morgan fingerprint density at radius 2 is 2.00 bits per heavy atom. The van der Waals surface area contributed by atoms with Crippen molar-refractivity contribution in [3.05, 3.63) is 5.53 Å². The molecule has 0 aromatic heterocycles. The zero-order valence-electron chi connectivity index (χ0n) is 9.73. The van der Waals surface area contributed by atoms with E-state index in [-0.39, 0.29) is 6.61 Å². The normalized spacial score (nSPS) is 12.0. The number of carbonyl (C=O) groups excluding carboxylic acids is 3. The van der Waals surface area contributed by atoms with E-state index in [0.29, 0.717) is 6.21 Å². The zero-order valence-corrected chi connectivity index (χ0v) is 9.73. The fourth-order valence-corrected chi connectivity index (χ4v) is 0.995. The Bertz CT molecular complexity index is 415. The van der Waals surface area contributed by atoms with Gasteiger partial charge in [-0.2, -0.15) is 18.0 Å². The summed E-state index contributed by atoms with van der Waals surface area (Å²) < 4.78 is 40.5. The van der Waals surface area contributed by atoms with E-state index >= 15 is 0 Å². The molecule has 0 spiro atoms. The number of hydrogen-bond donors (Lipinski definition) is 1. The Labute approximate surface area is 105 Å². The maximum Gasteiger partial charge on any atom is 0.471 e. The molecule has 0 aliphatic heterocycles. The van der Waals surface area contributed by atoms with Gasteiger partial charge in [-0.15, -0.1) is 0 Å². The van der Waals surface area contributed by atoms with Gasteiger partial charge in [-0.25, -0.2) is 4.79 Å². The van der Waals surface area contributed by atoms with E-state index < -0.39 is 36.3 Å². The first kappa shape index (κ1) is 16.8. The van der Waals surface area contributed by atoms with Crippen LogP contribution in [0.15, 0.2) is 0 Å². The Morgan fingerprint density at radius 1 is 1.42 bits per heavy atom. The number of esters is 1. The van der Waals surface area contributed by atoms with E-state index in [1.807, 2.05) is 0 Å². The summed E-state index contributed by atoms with van der Waals surface area (Å²) in [5, 5.41) is 1.33. The molecule has 0 aliphatic rings. The van der Waals surface area contributed by atoms with E-state index in [1.54, 1.807) is 0 Å². The molecule has 0 aromatic carbocycles. The molecule has 19 heavy (non-hydrogen) atoms. The quantitative estimate of drug-likeness (QED) is 0.316. The minimum atomic E-state index is -5.20. The second-order valence-electron chi connectivity index (χ2n) is 3.19. The standard InChI is InChI=1S/C9H10F3N3O4/c1-2-19-7(17)6(3-5(16)4-14-13)15-8(18)9(10,11)12/h4,6H,2-3H2,1H3,(H,15,18)/t6-/m0/s1. The van der Waals surface area contributed by atoms with Gasteiger partial charge in [0, 0.05) is 6.42 Å². The first-order valence-corrected chi connectivity index (χ1v) is 4.97. The summed E-state index contributed by atoms with van der Waals surface area (Å²) in [5.74, 6) is -4.53.